The van der Waals surface area contributed by atoms with E-state index in [0.717, 1.165) is 0 Å². The van der Waals surface area contributed by atoms with Crippen LogP contribution < -0.4 is 5.32 Å². The summed E-state index contributed by atoms with van der Waals surface area (Å²) < 4.78 is 13.5. The molecule has 4 heteroatoms. The van der Waals surface area contributed by atoms with Gasteiger partial charge in [-0.15, -0.1) is 0 Å². The van der Waals surface area contributed by atoms with Crippen molar-refractivity contribution in [2.24, 2.45) is 0 Å². The van der Waals surface area contributed by atoms with Gasteiger partial charge in [0.05, 0.1) is 5.69 Å². The van der Waals surface area contributed by atoms with Crippen LogP contribution >= 0.6 is 15.9 Å². The molecule has 0 bridgehead atoms. The molecule has 2 rings (SSSR count). The second-order valence-electron chi connectivity index (χ2n) is 4.60. The van der Waals surface area contributed by atoms with Gasteiger partial charge in [-0.2, -0.15) is 0 Å². The molecule has 2 aromatic rings. The van der Waals surface area contributed by atoms with Gasteiger partial charge in [0.25, 0.3) is 0 Å². The number of amides is 1. The topological polar surface area (TPSA) is 29.1 Å². The van der Waals surface area contributed by atoms with E-state index in [0.29, 0.717) is 23.0 Å². The van der Waals surface area contributed by atoms with Crippen LogP contribution in [0.1, 0.15) is 17.5 Å². The van der Waals surface area contributed by atoms with E-state index in [2.05, 4.69) is 21.2 Å². The summed E-state index contributed by atoms with van der Waals surface area (Å²) in [7, 11) is 0. The van der Waals surface area contributed by atoms with Crippen molar-refractivity contribution in [3.05, 3.63) is 63.9 Å². The Balaban J connectivity index is 1.94. The minimum atomic E-state index is -0.338. The van der Waals surface area contributed by atoms with Gasteiger partial charge >= 0.3 is 0 Å². The molecule has 0 heterocycles. The van der Waals surface area contributed by atoms with Crippen molar-refractivity contribution in [3.63, 3.8) is 0 Å². The number of rotatable bonds is 4. The summed E-state index contributed by atoms with van der Waals surface area (Å²) in [6.07, 6.45) is 1.09. The summed E-state index contributed by atoms with van der Waals surface area (Å²) in [6.45, 7) is 2.03. The molecule has 2 nitrogen and oxygen atoms in total. The normalized spacial score (nSPS) is 10.3. The highest BCUT2D eigenvalue weighted by Crippen LogP contribution is 2.23. The van der Waals surface area contributed by atoms with Crippen molar-refractivity contribution in [1.29, 1.82) is 0 Å². The van der Waals surface area contributed by atoms with Gasteiger partial charge in [-0.1, -0.05) is 24.3 Å². The number of hydrogen-bond acceptors (Lipinski definition) is 1. The molecule has 0 atom stereocenters. The summed E-state index contributed by atoms with van der Waals surface area (Å²) in [5, 5.41) is 2.77. The summed E-state index contributed by atoms with van der Waals surface area (Å²) >= 11 is 3.23. The number of halogens is 2. The molecule has 0 radical (unpaired) electrons. The van der Waals surface area contributed by atoms with E-state index in [1.807, 2.05) is 31.2 Å². The smallest absolute Gasteiger partial charge is 0.224 e. The molecule has 2 aromatic carbocycles. The number of anilines is 1. The highest BCUT2D eigenvalue weighted by molar-refractivity contribution is 9.10. The van der Waals surface area contributed by atoms with E-state index in [-0.39, 0.29) is 11.7 Å². The lowest BCUT2D eigenvalue weighted by Crippen LogP contribution is -2.13. The van der Waals surface area contributed by atoms with Gasteiger partial charge in [0.1, 0.15) is 5.82 Å². The van der Waals surface area contributed by atoms with Crippen molar-refractivity contribution in [1.82, 2.24) is 0 Å². The molecular formula is C16H15BrFNO. The summed E-state index contributed by atoms with van der Waals surface area (Å²) in [5.74, 6) is -0.421. The van der Waals surface area contributed by atoms with Crippen LogP contribution in [0.15, 0.2) is 46.9 Å². The Kier molecular flexibility index (Phi) is 4.90. The van der Waals surface area contributed by atoms with Crippen molar-refractivity contribution in [3.8, 4) is 0 Å². The van der Waals surface area contributed by atoms with E-state index in [1.54, 1.807) is 6.07 Å². The maximum Gasteiger partial charge on any atom is 0.224 e. The van der Waals surface area contributed by atoms with E-state index >= 15 is 0 Å². The molecule has 20 heavy (non-hydrogen) atoms. The quantitative estimate of drug-likeness (QED) is 0.877. The Bertz CT molecular complexity index is 628. The van der Waals surface area contributed by atoms with Crippen LogP contribution in [-0.4, -0.2) is 5.91 Å². The predicted molar refractivity (Wildman–Crippen MR) is 82.2 cm³/mol. The first-order chi connectivity index (χ1) is 9.56. The molecule has 0 saturated carbocycles. The number of carbonyl (C=O) groups excluding carboxylic acids is 1. The molecule has 0 aliphatic heterocycles. The lowest BCUT2D eigenvalue weighted by atomic mass is 10.0. The number of nitrogens with one attached hydrogen (secondary N) is 1. The number of hydrogen-bond donors (Lipinski definition) is 1. The Morgan fingerprint density at radius 2 is 2.00 bits per heavy atom. The van der Waals surface area contributed by atoms with Gasteiger partial charge in [0.15, 0.2) is 0 Å². The molecule has 0 aliphatic rings. The fraction of sp³-hybridized carbons (Fsp3) is 0.188. The Labute approximate surface area is 126 Å². The predicted octanol–water partition coefficient (Wildman–Crippen LogP) is 4.47. The monoisotopic (exact) mass is 335 g/mol. The highest BCUT2D eigenvalue weighted by Gasteiger charge is 2.07. The van der Waals surface area contributed by atoms with Crippen molar-refractivity contribution in [2.75, 3.05) is 5.32 Å². The van der Waals surface area contributed by atoms with Crippen LogP contribution in [0.2, 0.25) is 0 Å². The van der Waals surface area contributed by atoms with E-state index in [9.17, 15) is 9.18 Å². The molecule has 0 saturated heterocycles. The SMILES string of the molecule is Cc1ccccc1CCC(=O)Nc1ccc(F)cc1Br. The van der Waals surface area contributed by atoms with Gasteiger partial charge < -0.3 is 5.32 Å². The molecule has 104 valence electrons. The molecule has 0 fully saturated rings. The first-order valence-corrected chi connectivity index (χ1v) is 7.15. The molecule has 0 aliphatic carbocycles. The maximum absolute atomic E-state index is 13.0. The van der Waals surface area contributed by atoms with E-state index in [1.165, 1.54) is 23.3 Å². The van der Waals surface area contributed by atoms with Gasteiger partial charge in [-0.05, 0) is 58.6 Å². The standard InChI is InChI=1S/C16H15BrFNO/c1-11-4-2-3-5-12(11)6-9-16(20)19-15-8-7-13(18)10-14(15)17/h2-5,7-8,10H,6,9H2,1H3,(H,19,20). The Hall–Kier alpha value is -1.68. The third-order valence-corrected chi connectivity index (χ3v) is 3.74. The second kappa shape index (κ2) is 6.66. The lowest BCUT2D eigenvalue weighted by Gasteiger charge is -2.08. The molecule has 0 spiro atoms. The molecule has 1 N–H and O–H groups in total. The van der Waals surface area contributed by atoms with Crippen LogP contribution in [0.3, 0.4) is 0 Å². The molecule has 1 amide bonds. The zero-order valence-electron chi connectivity index (χ0n) is 11.1. The Morgan fingerprint density at radius 1 is 1.25 bits per heavy atom. The first-order valence-electron chi connectivity index (χ1n) is 6.35. The second-order valence-corrected chi connectivity index (χ2v) is 5.45. The van der Waals surface area contributed by atoms with Crippen LogP contribution in [0.5, 0.6) is 0 Å². The first kappa shape index (κ1) is 14.7. The lowest BCUT2D eigenvalue weighted by molar-refractivity contribution is -0.116. The Morgan fingerprint density at radius 3 is 2.70 bits per heavy atom. The zero-order chi connectivity index (χ0) is 14.5. The number of benzene rings is 2. The average molecular weight is 336 g/mol. The van der Waals surface area contributed by atoms with Crippen molar-refractivity contribution in [2.45, 2.75) is 19.8 Å². The summed E-state index contributed by atoms with van der Waals surface area (Å²) in [5.41, 5.74) is 2.94. The number of carbonyl (C=O) groups is 1. The fourth-order valence-corrected chi connectivity index (χ4v) is 2.39. The van der Waals surface area contributed by atoms with Gasteiger partial charge in [-0.3, -0.25) is 4.79 Å². The van der Waals surface area contributed by atoms with Crippen LogP contribution in [0.4, 0.5) is 10.1 Å². The summed E-state index contributed by atoms with van der Waals surface area (Å²) in [6, 6.07) is 12.2. The summed E-state index contributed by atoms with van der Waals surface area (Å²) in [4.78, 5) is 11.9. The zero-order valence-corrected chi connectivity index (χ0v) is 12.7. The minimum absolute atomic E-state index is 0.0828. The van der Waals surface area contributed by atoms with Crippen molar-refractivity contribution >= 4 is 27.5 Å². The van der Waals surface area contributed by atoms with E-state index in [4.69, 9.17) is 0 Å². The highest BCUT2D eigenvalue weighted by atomic mass is 79.9. The molecule has 0 unspecified atom stereocenters. The average Bonchev–Trinajstić information content (AvgIpc) is 2.41. The van der Waals surface area contributed by atoms with Crippen molar-refractivity contribution < 1.29 is 9.18 Å². The van der Waals surface area contributed by atoms with Crippen LogP contribution in [0, 0.1) is 12.7 Å². The number of aryl methyl sites for hydroxylation is 2. The largest absolute Gasteiger partial charge is 0.325 e. The van der Waals surface area contributed by atoms with Crippen LogP contribution in [0.25, 0.3) is 0 Å². The maximum atomic E-state index is 13.0. The van der Waals surface area contributed by atoms with E-state index < -0.39 is 0 Å². The van der Waals surface area contributed by atoms with Crippen LogP contribution in [-0.2, 0) is 11.2 Å². The molecular weight excluding hydrogens is 321 g/mol. The third kappa shape index (κ3) is 3.90. The third-order valence-electron chi connectivity index (χ3n) is 3.09. The molecule has 0 aromatic heterocycles. The van der Waals surface area contributed by atoms with Gasteiger partial charge in [-0.25, -0.2) is 4.39 Å². The fourth-order valence-electron chi connectivity index (χ4n) is 1.94. The van der Waals surface area contributed by atoms with Gasteiger partial charge in [0.2, 0.25) is 5.91 Å². The van der Waals surface area contributed by atoms with Gasteiger partial charge in [0, 0.05) is 10.9 Å². The minimum Gasteiger partial charge on any atom is -0.325 e.